The second kappa shape index (κ2) is 10.6. The molecule has 1 N–H and O–H groups in total. The highest BCUT2D eigenvalue weighted by Crippen LogP contribution is 2.35. The average Bonchev–Trinajstić information content (AvgIpc) is 3.43. The van der Waals surface area contributed by atoms with Gasteiger partial charge in [-0.05, 0) is 44.4 Å². The van der Waals surface area contributed by atoms with Crippen molar-refractivity contribution in [2.24, 2.45) is 7.05 Å². The minimum Gasteiger partial charge on any atom is -0.439 e. The second-order valence-corrected chi connectivity index (χ2v) is 9.41. The normalized spacial score (nSPS) is 17.6. The fourth-order valence-corrected chi connectivity index (χ4v) is 4.44. The van der Waals surface area contributed by atoms with E-state index in [4.69, 9.17) is 14.6 Å². The van der Waals surface area contributed by atoms with Crippen LogP contribution in [0.4, 0.5) is 0 Å². The number of benzene rings is 2. The van der Waals surface area contributed by atoms with Crippen LogP contribution in [0.25, 0.3) is 11.3 Å². The molecule has 0 bridgehead atoms. The second-order valence-electron chi connectivity index (χ2n) is 9.41. The lowest BCUT2D eigenvalue weighted by atomic mass is 10.0. The molecule has 2 heterocycles. The first kappa shape index (κ1) is 24.2. The first-order chi connectivity index (χ1) is 16.3. The molecule has 2 aromatic carbocycles. The molecule has 1 saturated heterocycles. The molecular weight excluding hydrogens is 426 g/mol. The van der Waals surface area contributed by atoms with Crippen molar-refractivity contribution < 1.29 is 14.6 Å². The van der Waals surface area contributed by atoms with Crippen LogP contribution in [0.1, 0.15) is 30.9 Å². The third-order valence-corrected chi connectivity index (χ3v) is 6.19. The Kier molecular flexibility index (Phi) is 7.51. The first-order valence-electron chi connectivity index (χ1n) is 11.9. The lowest BCUT2D eigenvalue weighted by Gasteiger charge is -2.31. The van der Waals surface area contributed by atoms with Gasteiger partial charge < -0.3 is 14.6 Å². The molecule has 0 saturated carbocycles. The summed E-state index contributed by atoms with van der Waals surface area (Å²) in [6.07, 6.45) is 3.85. The molecule has 0 unspecified atom stereocenters. The molecule has 180 valence electrons. The van der Waals surface area contributed by atoms with Gasteiger partial charge in [-0.15, -0.1) is 6.58 Å². The molecule has 0 amide bonds. The van der Waals surface area contributed by atoms with E-state index in [1.54, 1.807) is 17.7 Å². The van der Waals surface area contributed by atoms with Gasteiger partial charge in [-0.1, -0.05) is 48.5 Å². The molecule has 1 fully saturated rings. The smallest absolute Gasteiger partial charge is 0.222 e. The first-order valence-corrected chi connectivity index (χ1v) is 11.9. The van der Waals surface area contributed by atoms with Crippen molar-refractivity contribution >= 4 is 0 Å². The molecule has 6 heteroatoms. The number of hydrogen-bond acceptors (Lipinski definition) is 5. The molecule has 6 nitrogen and oxygen atoms in total. The number of ether oxygens (including phenoxy) is 2. The Morgan fingerprint density at radius 2 is 2.06 bits per heavy atom. The summed E-state index contributed by atoms with van der Waals surface area (Å²) in [6, 6.07) is 18.2. The molecule has 1 aromatic heterocycles. The van der Waals surface area contributed by atoms with Crippen molar-refractivity contribution in [1.82, 2.24) is 14.7 Å². The van der Waals surface area contributed by atoms with E-state index in [1.807, 2.05) is 56.4 Å². The zero-order valence-corrected chi connectivity index (χ0v) is 20.4. The molecule has 4 rings (SSSR count). The van der Waals surface area contributed by atoms with Crippen LogP contribution in [-0.4, -0.2) is 51.2 Å². The number of aryl methyl sites for hydroxylation is 2. The summed E-state index contributed by atoms with van der Waals surface area (Å²) in [5.41, 5.74) is 2.99. The maximum atomic E-state index is 10.8. The fourth-order valence-electron chi connectivity index (χ4n) is 4.44. The molecule has 34 heavy (non-hydrogen) atoms. The Balaban J connectivity index is 1.73. The lowest BCUT2D eigenvalue weighted by Crippen LogP contribution is -2.42. The maximum Gasteiger partial charge on any atom is 0.222 e. The SMILES string of the molecule is C=C[C@](C)(O)CN(Cc1c(-c2ccccc2)nn(C)c1Oc1cccc(C)c1)C[C@H]1CCCO1. The fraction of sp³-hybridized carbons (Fsp3) is 0.393. The number of aromatic nitrogens is 2. The van der Waals surface area contributed by atoms with Crippen LogP contribution < -0.4 is 4.74 Å². The van der Waals surface area contributed by atoms with Crippen LogP contribution in [0.3, 0.4) is 0 Å². The van der Waals surface area contributed by atoms with Crippen LogP contribution in [0.5, 0.6) is 11.6 Å². The van der Waals surface area contributed by atoms with E-state index in [2.05, 4.69) is 23.6 Å². The average molecular weight is 462 g/mol. The third-order valence-electron chi connectivity index (χ3n) is 6.19. The summed E-state index contributed by atoms with van der Waals surface area (Å²) in [5.74, 6) is 1.47. The Hall–Kier alpha value is -2.93. The highest BCUT2D eigenvalue weighted by atomic mass is 16.5. The van der Waals surface area contributed by atoms with Crippen molar-refractivity contribution in [3.8, 4) is 22.9 Å². The summed E-state index contributed by atoms with van der Waals surface area (Å²) in [5, 5.41) is 15.7. The standard InChI is InChI=1S/C28H35N3O3/c1-5-28(3,32)20-31(18-24-15-10-16-33-24)19-25-26(22-12-7-6-8-13-22)29-30(4)27(25)34-23-14-9-11-21(2)17-23/h5-9,11-14,17,24,32H,1,10,15-16,18-20H2,2-4H3/t24-,28+/m1/s1. The van der Waals surface area contributed by atoms with Crippen molar-refractivity contribution in [3.63, 3.8) is 0 Å². The van der Waals surface area contributed by atoms with Gasteiger partial charge in [-0.2, -0.15) is 5.10 Å². The van der Waals surface area contributed by atoms with E-state index < -0.39 is 5.60 Å². The number of rotatable bonds is 10. The van der Waals surface area contributed by atoms with Gasteiger partial charge >= 0.3 is 0 Å². The Labute approximate surface area is 202 Å². The molecular formula is C28H35N3O3. The summed E-state index contributed by atoms with van der Waals surface area (Å²) in [6.45, 7) is 10.2. The zero-order chi connectivity index (χ0) is 24.1. The molecule has 0 aliphatic carbocycles. The van der Waals surface area contributed by atoms with Crippen molar-refractivity contribution in [1.29, 1.82) is 0 Å². The van der Waals surface area contributed by atoms with E-state index in [0.717, 1.165) is 54.1 Å². The predicted molar refractivity (Wildman–Crippen MR) is 135 cm³/mol. The van der Waals surface area contributed by atoms with Crippen LogP contribution >= 0.6 is 0 Å². The minimum atomic E-state index is -1.02. The molecule has 2 atom stereocenters. The lowest BCUT2D eigenvalue weighted by molar-refractivity contribution is 0.0241. The van der Waals surface area contributed by atoms with Crippen LogP contribution in [0.2, 0.25) is 0 Å². The summed E-state index contributed by atoms with van der Waals surface area (Å²) in [7, 11) is 1.91. The summed E-state index contributed by atoms with van der Waals surface area (Å²) < 4.78 is 14.1. The zero-order valence-electron chi connectivity index (χ0n) is 20.4. The molecule has 1 aliphatic heterocycles. The van der Waals surface area contributed by atoms with Gasteiger partial charge in [0.2, 0.25) is 5.88 Å². The van der Waals surface area contributed by atoms with Crippen LogP contribution in [0, 0.1) is 6.92 Å². The quantitative estimate of drug-likeness (QED) is 0.426. The number of aliphatic hydroxyl groups is 1. The molecule has 1 aliphatic rings. The van der Waals surface area contributed by atoms with Gasteiger partial charge in [-0.25, -0.2) is 4.68 Å². The Morgan fingerprint density at radius 1 is 1.26 bits per heavy atom. The van der Waals surface area contributed by atoms with E-state index in [1.165, 1.54) is 0 Å². The van der Waals surface area contributed by atoms with Crippen LogP contribution in [0.15, 0.2) is 67.3 Å². The van der Waals surface area contributed by atoms with E-state index in [-0.39, 0.29) is 6.10 Å². The van der Waals surface area contributed by atoms with E-state index in [0.29, 0.717) is 19.0 Å². The van der Waals surface area contributed by atoms with Gasteiger partial charge in [0.1, 0.15) is 11.4 Å². The highest BCUT2D eigenvalue weighted by molar-refractivity contribution is 5.65. The predicted octanol–water partition coefficient (Wildman–Crippen LogP) is 5.11. The third kappa shape index (κ3) is 5.95. The van der Waals surface area contributed by atoms with Crippen molar-refractivity contribution in [3.05, 3.63) is 78.4 Å². The van der Waals surface area contributed by atoms with Crippen LogP contribution in [-0.2, 0) is 18.3 Å². The van der Waals surface area contributed by atoms with Gasteiger partial charge in [0.05, 0.1) is 17.3 Å². The van der Waals surface area contributed by atoms with E-state index in [9.17, 15) is 5.11 Å². The van der Waals surface area contributed by atoms with Gasteiger partial charge in [-0.3, -0.25) is 4.90 Å². The van der Waals surface area contributed by atoms with Gasteiger partial charge in [0, 0.05) is 38.9 Å². The minimum absolute atomic E-state index is 0.151. The molecule has 0 radical (unpaired) electrons. The summed E-state index contributed by atoms with van der Waals surface area (Å²) in [4.78, 5) is 2.23. The van der Waals surface area contributed by atoms with Crippen molar-refractivity contribution in [2.45, 2.75) is 44.9 Å². The van der Waals surface area contributed by atoms with Gasteiger partial charge in [0.25, 0.3) is 0 Å². The Morgan fingerprint density at radius 3 is 2.74 bits per heavy atom. The Bertz CT molecular complexity index is 1100. The summed E-state index contributed by atoms with van der Waals surface area (Å²) >= 11 is 0. The largest absolute Gasteiger partial charge is 0.439 e. The van der Waals surface area contributed by atoms with E-state index >= 15 is 0 Å². The molecule has 3 aromatic rings. The monoisotopic (exact) mass is 461 g/mol. The highest BCUT2D eigenvalue weighted by Gasteiger charge is 2.28. The maximum absolute atomic E-state index is 10.8. The van der Waals surface area contributed by atoms with Gasteiger partial charge in [0.15, 0.2) is 0 Å². The number of nitrogens with zero attached hydrogens (tertiary/aromatic N) is 3. The molecule has 0 spiro atoms. The van der Waals surface area contributed by atoms with Crippen molar-refractivity contribution in [2.75, 3.05) is 19.7 Å². The number of hydrogen-bond donors (Lipinski definition) is 1. The topological polar surface area (TPSA) is 59.8 Å².